The third-order valence-electron chi connectivity index (χ3n) is 3.09. The SMILES string of the molecule is O=[N+]([O-])c1cc(Cl)ccc1S(=O)(=O)N1CCC[C@H](O)C1. The number of sulfonamides is 1. The lowest BCUT2D eigenvalue weighted by Gasteiger charge is -2.29. The molecule has 0 bridgehead atoms. The molecule has 1 atom stereocenters. The molecule has 1 N–H and O–H groups in total. The number of piperidine rings is 1. The summed E-state index contributed by atoms with van der Waals surface area (Å²) in [6, 6.07) is 3.42. The molecule has 1 aromatic carbocycles. The Kier molecular flexibility index (Phi) is 4.28. The average Bonchev–Trinajstić information content (AvgIpc) is 2.38. The van der Waals surface area contributed by atoms with Gasteiger partial charge in [0.2, 0.25) is 10.0 Å². The van der Waals surface area contributed by atoms with Gasteiger partial charge in [0.1, 0.15) is 0 Å². The van der Waals surface area contributed by atoms with Crippen LogP contribution >= 0.6 is 11.6 Å². The lowest BCUT2D eigenvalue weighted by molar-refractivity contribution is -0.387. The largest absolute Gasteiger partial charge is 0.392 e. The van der Waals surface area contributed by atoms with Gasteiger partial charge in [-0.15, -0.1) is 0 Å². The van der Waals surface area contributed by atoms with Gasteiger partial charge in [0.25, 0.3) is 5.69 Å². The first-order valence-corrected chi connectivity index (χ1v) is 7.76. The lowest BCUT2D eigenvalue weighted by atomic mass is 10.1. The molecule has 7 nitrogen and oxygen atoms in total. The molecule has 0 unspecified atom stereocenters. The van der Waals surface area contributed by atoms with Crippen LogP contribution in [0.15, 0.2) is 23.1 Å². The number of nitrogens with zero attached hydrogens (tertiary/aromatic N) is 2. The molecular formula is C11H13ClN2O5S. The Morgan fingerprint density at radius 1 is 1.45 bits per heavy atom. The molecule has 1 fully saturated rings. The summed E-state index contributed by atoms with van der Waals surface area (Å²) in [5.41, 5.74) is -0.558. The van der Waals surface area contributed by atoms with Crippen LogP contribution in [0.4, 0.5) is 5.69 Å². The van der Waals surface area contributed by atoms with Crippen LogP contribution in [0.1, 0.15) is 12.8 Å². The number of nitro benzene ring substituents is 1. The van der Waals surface area contributed by atoms with Crippen LogP contribution in [0.3, 0.4) is 0 Å². The Hall–Kier alpha value is -1.22. The van der Waals surface area contributed by atoms with Gasteiger partial charge in [0, 0.05) is 24.2 Å². The summed E-state index contributed by atoms with van der Waals surface area (Å²) in [5.74, 6) is 0. The van der Waals surface area contributed by atoms with Crippen molar-refractivity contribution in [1.82, 2.24) is 4.31 Å². The molecule has 1 aliphatic heterocycles. The van der Waals surface area contributed by atoms with Gasteiger partial charge in [-0.05, 0) is 25.0 Å². The summed E-state index contributed by atoms with van der Waals surface area (Å²) in [6.45, 7) is 0.182. The first kappa shape index (κ1) is 15.2. The second-order valence-electron chi connectivity index (χ2n) is 4.53. The van der Waals surface area contributed by atoms with Crippen molar-refractivity contribution in [3.8, 4) is 0 Å². The summed E-state index contributed by atoms with van der Waals surface area (Å²) in [7, 11) is -4.01. The summed E-state index contributed by atoms with van der Waals surface area (Å²) in [4.78, 5) is 9.80. The summed E-state index contributed by atoms with van der Waals surface area (Å²) < 4.78 is 25.9. The maximum atomic E-state index is 12.4. The summed E-state index contributed by atoms with van der Waals surface area (Å²) in [5, 5.41) is 20.6. The highest BCUT2D eigenvalue weighted by molar-refractivity contribution is 7.89. The van der Waals surface area contributed by atoms with Crippen molar-refractivity contribution in [2.75, 3.05) is 13.1 Å². The molecule has 1 saturated heterocycles. The van der Waals surface area contributed by atoms with Gasteiger partial charge in [-0.25, -0.2) is 8.42 Å². The monoisotopic (exact) mass is 320 g/mol. The minimum atomic E-state index is -4.01. The van der Waals surface area contributed by atoms with Crippen molar-refractivity contribution in [1.29, 1.82) is 0 Å². The molecule has 20 heavy (non-hydrogen) atoms. The number of aliphatic hydroxyl groups is 1. The number of halogens is 1. The fourth-order valence-corrected chi connectivity index (χ4v) is 3.95. The van der Waals surface area contributed by atoms with Gasteiger partial charge in [-0.1, -0.05) is 11.6 Å². The molecular weight excluding hydrogens is 308 g/mol. The highest BCUT2D eigenvalue weighted by Crippen LogP contribution is 2.30. The van der Waals surface area contributed by atoms with E-state index < -0.39 is 31.6 Å². The van der Waals surface area contributed by atoms with Crippen molar-refractivity contribution >= 4 is 27.3 Å². The zero-order chi connectivity index (χ0) is 14.9. The fourth-order valence-electron chi connectivity index (χ4n) is 2.13. The van der Waals surface area contributed by atoms with E-state index in [1.165, 1.54) is 6.07 Å². The van der Waals surface area contributed by atoms with Crippen LogP contribution in [-0.4, -0.2) is 41.9 Å². The Morgan fingerprint density at radius 3 is 2.75 bits per heavy atom. The van der Waals surface area contributed by atoms with Gasteiger partial charge in [-0.2, -0.15) is 4.31 Å². The average molecular weight is 321 g/mol. The van der Waals surface area contributed by atoms with Crippen LogP contribution in [0.25, 0.3) is 0 Å². The van der Waals surface area contributed by atoms with Crippen LogP contribution in [0.5, 0.6) is 0 Å². The standard InChI is InChI=1S/C11H13ClN2O5S/c12-8-3-4-11(10(6-8)14(16)17)20(18,19)13-5-1-2-9(15)7-13/h3-4,6,9,15H,1-2,5,7H2/t9-/m0/s1. The zero-order valence-electron chi connectivity index (χ0n) is 10.4. The lowest BCUT2D eigenvalue weighted by Crippen LogP contribution is -2.42. The smallest absolute Gasteiger partial charge is 0.290 e. The number of hydrogen-bond donors (Lipinski definition) is 1. The Labute approximate surface area is 121 Å². The van der Waals surface area contributed by atoms with Crippen molar-refractivity contribution in [2.24, 2.45) is 0 Å². The van der Waals surface area contributed by atoms with E-state index in [0.717, 1.165) is 16.4 Å². The van der Waals surface area contributed by atoms with Crippen molar-refractivity contribution in [3.63, 3.8) is 0 Å². The Balaban J connectivity index is 2.46. The highest BCUT2D eigenvalue weighted by Gasteiger charge is 2.34. The fraction of sp³-hybridized carbons (Fsp3) is 0.455. The van der Waals surface area contributed by atoms with Gasteiger partial charge < -0.3 is 5.11 Å². The van der Waals surface area contributed by atoms with Gasteiger partial charge in [0.05, 0.1) is 11.0 Å². The second kappa shape index (κ2) is 5.65. The molecule has 9 heteroatoms. The van der Waals surface area contributed by atoms with E-state index in [1.54, 1.807) is 0 Å². The second-order valence-corrected chi connectivity index (χ2v) is 6.87. The highest BCUT2D eigenvalue weighted by atomic mass is 35.5. The molecule has 0 saturated carbocycles. The molecule has 110 valence electrons. The maximum Gasteiger partial charge on any atom is 0.290 e. The molecule has 0 aromatic heterocycles. The number of hydrogen-bond acceptors (Lipinski definition) is 5. The molecule has 0 radical (unpaired) electrons. The van der Waals surface area contributed by atoms with Gasteiger partial charge in [-0.3, -0.25) is 10.1 Å². The molecule has 1 aromatic rings. The van der Waals surface area contributed by atoms with Crippen molar-refractivity contribution < 1.29 is 18.4 Å². The van der Waals surface area contributed by atoms with Gasteiger partial charge in [0.15, 0.2) is 4.90 Å². The van der Waals surface area contributed by atoms with Crippen LogP contribution in [0, 0.1) is 10.1 Å². The topological polar surface area (TPSA) is 101 Å². The van der Waals surface area contributed by atoms with E-state index >= 15 is 0 Å². The summed E-state index contributed by atoms with van der Waals surface area (Å²) in [6.07, 6.45) is 0.293. The number of benzene rings is 1. The number of aliphatic hydroxyl groups excluding tert-OH is 1. The minimum absolute atomic E-state index is 0.0535. The minimum Gasteiger partial charge on any atom is -0.392 e. The number of nitro groups is 1. The zero-order valence-corrected chi connectivity index (χ0v) is 12.0. The first-order chi connectivity index (χ1) is 9.32. The van der Waals surface area contributed by atoms with E-state index in [-0.39, 0.29) is 18.1 Å². The molecule has 0 amide bonds. The molecule has 2 rings (SSSR count). The van der Waals surface area contributed by atoms with Crippen LogP contribution < -0.4 is 0 Å². The number of rotatable bonds is 3. The van der Waals surface area contributed by atoms with Gasteiger partial charge >= 0.3 is 0 Å². The Morgan fingerprint density at radius 2 is 2.15 bits per heavy atom. The van der Waals surface area contributed by atoms with Crippen LogP contribution in [0.2, 0.25) is 5.02 Å². The molecule has 0 aliphatic carbocycles. The molecule has 0 spiro atoms. The summed E-state index contributed by atoms with van der Waals surface area (Å²) >= 11 is 5.67. The van der Waals surface area contributed by atoms with E-state index in [4.69, 9.17) is 11.6 Å². The predicted molar refractivity (Wildman–Crippen MR) is 72.1 cm³/mol. The normalized spacial score (nSPS) is 20.8. The third-order valence-corrected chi connectivity index (χ3v) is 5.24. The van der Waals surface area contributed by atoms with Crippen molar-refractivity contribution in [3.05, 3.63) is 33.3 Å². The number of β-amino-alcohol motifs (C(OH)–C–C–N with tert-alkyl or cyclic N) is 1. The van der Waals surface area contributed by atoms with E-state index in [2.05, 4.69) is 0 Å². The van der Waals surface area contributed by atoms with E-state index in [9.17, 15) is 23.6 Å². The Bertz CT molecular complexity index is 634. The van der Waals surface area contributed by atoms with Crippen molar-refractivity contribution in [2.45, 2.75) is 23.8 Å². The first-order valence-electron chi connectivity index (χ1n) is 5.94. The third kappa shape index (κ3) is 2.93. The van der Waals surface area contributed by atoms with Crippen LogP contribution in [-0.2, 0) is 10.0 Å². The maximum absolute atomic E-state index is 12.4. The van der Waals surface area contributed by atoms with E-state index in [1.807, 2.05) is 0 Å². The predicted octanol–water partition coefficient (Wildman–Crippen LogP) is 1.39. The quantitative estimate of drug-likeness (QED) is 0.670. The molecule has 1 heterocycles. The molecule has 1 aliphatic rings. The van der Waals surface area contributed by atoms with E-state index in [0.29, 0.717) is 12.8 Å².